The van der Waals surface area contributed by atoms with Crippen LogP contribution in [0.1, 0.15) is 36.6 Å². The van der Waals surface area contributed by atoms with Gasteiger partial charge in [-0.1, -0.05) is 6.92 Å². The van der Waals surface area contributed by atoms with Gasteiger partial charge >= 0.3 is 5.69 Å². The number of methoxy groups -OCH3 is 1. The Morgan fingerprint density at radius 1 is 1.40 bits per heavy atom. The first-order valence-corrected chi connectivity index (χ1v) is 9.30. The van der Waals surface area contributed by atoms with Crippen molar-refractivity contribution in [1.82, 2.24) is 14.6 Å². The molecule has 0 bridgehead atoms. The van der Waals surface area contributed by atoms with Crippen LogP contribution in [0.25, 0.3) is 10.2 Å². The van der Waals surface area contributed by atoms with Crippen LogP contribution < -0.4 is 16.7 Å². The van der Waals surface area contributed by atoms with Gasteiger partial charge < -0.3 is 10.2 Å². The summed E-state index contributed by atoms with van der Waals surface area (Å²) in [6.07, 6.45) is 4.24. The van der Waals surface area contributed by atoms with Gasteiger partial charge in [-0.15, -0.1) is 11.3 Å². The molecule has 0 atom stereocenters. The van der Waals surface area contributed by atoms with Crippen LogP contribution in [-0.4, -0.2) is 36.1 Å². The van der Waals surface area contributed by atoms with Crippen molar-refractivity contribution in [3.63, 3.8) is 0 Å². The van der Waals surface area contributed by atoms with Crippen molar-refractivity contribution < 1.29 is 4.74 Å². The van der Waals surface area contributed by atoms with Crippen molar-refractivity contribution >= 4 is 27.8 Å². The molecule has 0 unspecified atom stereocenters. The Labute approximate surface area is 149 Å². The fourth-order valence-corrected chi connectivity index (χ4v) is 4.48. The summed E-state index contributed by atoms with van der Waals surface area (Å²) < 4.78 is 8.35. The third kappa shape index (κ3) is 2.83. The van der Waals surface area contributed by atoms with Crippen LogP contribution in [0.2, 0.25) is 0 Å². The molecule has 1 fully saturated rings. The maximum atomic E-state index is 13.2. The Morgan fingerprint density at radius 2 is 2.12 bits per heavy atom. The van der Waals surface area contributed by atoms with Gasteiger partial charge in [0.1, 0.15) is 4.83 Å². The average Bonchev–Trinajstić information content (AvgIpc) is 3.31. The number of rotatable bonds is 7. The van der Waals surface area contributed by atoms with Gasteiger partial charge in [0.15, 0.2) is 0 Å². The standard InChI is InChI=1S/C17H24N4O3S/c1-5-17(6-7-17)21-14(22)13-11(2)12(10-19-18-3)25-15(13)20(16(21)23)8-9-24-4/h10,18H,5-9H2,1-4H3/b19-10+. The van der Waals surface area contributed by atoms with Gasteiger partial charge in [0.2, 0.25) is 0 Å². The maximum absolute atomic E-state index is 13.2. The minimum absolute atomic E-state index is 0.175. The van der Waals surface area contributed by atoms with Crippen LogP contribution in [-0.2, 0) is 16.8 Å². The first-order chi connectivity index (χ1) is 12.0. The smallest absolute Gasteiger partial charge is 0.332 e. The number of hydrazone groups is 1. The number of aromatic nitrogens is 2. The molecule has 2 aromatic rings. The fourth-order valence-electron chi connectivity index (χ4n) is 3.29. The maximum Gasteiger partial charge on any atom is 0.332 e. The second-order valence-electron chi connectivity index (χ2n) is 6.40. The third-order valence-corrected chi connectivity index (χ3v) is 6.29. The van der Waals surface area contributed by atoms with E-state index in [1.807, 2.05) is 13.8 Å². The lowest BCUT2D eigenvalue weighted by molar-refractivity contribution is 0.186. The van der Waals surface area contributed by atoms with Gasteiger partial charge in [-0.2, -0.15) is 5.10 Å². The van der Waals surface area contributed by atoms with Crippen LogP contribution in [0.5, 0.6) is 0 Å². The molecular weight excluding hydrogens is 340 g/mol. The van der Waals surface area contributed by atoms with Gasteiger partial charge in [0.25, 0.3) is 5.56 Å². The van der Waals surface area contributed by atoms with E-state index in [9.17, 15) is 9.59 Å². The molecule has 25 heavy (non-hydrogen) atoms. The van der Waals surface area contributed by atoms with E-state index in [1.165, 1.54) is 15.9 Å². The zero-order valence-corrected chi connectivity index (χ0v) is 15.9. The van der Waals surface area contributed by atoms with E-state index in [-0.39, 0.29) is 16.8 Å². The molecule has 2 aromatic heterocycles. The highest BCUT2D eigenvalue weighted by Gasteiger charge is 2.45. The Balaban J connectivity index is 2.35. The largest absolute Gasteiger partial charge is 0.383 e. The van der Waals surface area contributed by atoms with Gasteiger partial charge in [0, 0.05) is 14.2 Å². The molecule has 0 spiro atoms. The summed E-state index contributed by atoms with van der Waals surface area (Å²) in [5.74, 6) is 0. The van der Waals surface area contributed by atoms with Crippen molar-refractivity contribution in [1.29, 1.82) is 0 Å². The predicted molar refractivity (Wildman–Crippen MR) is 101 cm³/mol. The Hall–Kier alpha value is -1.93. The summed E-state index contributed by atoms with van der Waals surface area (Å²) in [4.78, 5) is 27.9. The summed E-state index contributed by atoms with van der Waals surface area (Å²) in [6.45, 7) is 4.80. The molecule has 0 saturated heterocycles. The lowest BCUT2D eigenvalue weighted by Crippen LogP contribution is -2.45. The highest BCUT2D eigenvalue weighted by Crippen LogP contribution is 2.45. The number of ether oxygens (including phenoxy) is 1. The number of nitrogens with zero attached hydrogens (tertiary/aromatic N) is 3. The summed E-state index contributed by atoms with van der Waals surface area (Å²) >= 11 is 1.42. The minimum atomic E-state index is -0.315. The highest BCUT2D eigenvalue weighted by atomic mass is 32.1. The molecule has 0 amide bonds. The summed E-state index contributed by atoms with van der Waals surface area (Å²) in [6, 6.07) is 0. The van der Waals surface area contributed by atoms with Crippen LogP contribution >= 0.6 is 11.3 Å². The van der Waals surface area contributed by atoms with Crippen LogP contribution in [0.4, 0.5) is 0 Å². The summed E-state index contributed by atoms with van der Waals surface area (Å²) in [5, 5.41) is 4.68. The predicted octanol–water partition coefficient (Wildman–Crippen LogP) is 1.63. The Kier molecular flexibility index (Phi) is 4.83. The topological polar surface area (TPSA) is 77.6 Å². The molecule has 0 aromatic carbocycles. The molecule has 1 aliphatic carbocycles. The second-order valence-corrected chi connectivity index (χ2v) is 7.43. The molecule has 2 heterocycles. The quantitative estimate of drug-likeness (QED) is 0.598. The summed E-state index contributed by atoms with van der Waals surface area (Å²) in [7, 11) is 3.33. The number of hydrogen-bond donors (Lipinski definition) is 1. The minimum Gasteiger partial charge on any atom is -0.383 e. The Bertz CT molecular complexity index is 934. The van der Waals surface area contributed by atoms with E-state index in [0.717, 1.165) is 29.7 Å². The highest BCUT2D eigenvalue weighted by molar-refractivity contribution is 7.20. The molecule has 1 N–H and O–H groups in total. The van der Waals surface area contributed by atoms with Crippen molar-refractivity contribution in [2.75, 3.05) is 20.8 Å². The number of fused-ring (bicyclic) bond motifs is 1. The lowest BCUT2D eigenvalue weighted by Gasteiger charge is -2.18. The van der Waals surface area contributed by atoms with Crippen molar-refractivity contribution in [2.24, 2.45) is 5.10 Å². The van der Waals surface area contributed by atoms with Crippen molar-refractivity contribution in [3.05, 3.63) is 31.3 Å². The summed E-state index contributed by atoms with van der Waals surface area (Å²) in [5.41, 5.74) is 2.87. The number of thiophene rings is 1. The molecular formula is C17H24N4O3S. The molecule has 1 saturated carbocycles. The molecule has 3 rings (SSSR count). The number of aryl methyl sites for hydroxylation is 1. The SMILES string of the molecule is CCC1(n2c(=O)c3c(C)c(/C=N/NC)sc3n(CCOC)c2=O)CC1. The van der Waals surface area contributed by atoms with Crippen LogP contribution in [0.15, 0.2) is 14.7 Å². The van der Waals surface area contributed by atoms with Gasteiger partial charge in [-0.05, 0) is 31.7 Å². The van der Waals surface area contributed by atoms with Gasteiger partial charge in [0.05, 0.1) is 35.2 Å². The first-order valence-electron chi connectivity index (χ1n) is 8.49. The zero-order chi connectivity index (χ0) is 18.2. The zero-order valence-electron chi connectivity index (χ0n) is 15.1. The molecule has 0 radical (unpaired) electrons. The normalized spacial score (nSPS) is 16.0. The van der Waals surface area contributed by atoms with Crippen LogP contribution in [0, 0.1) is 6.92 Å². The lowest BCUT2D eigenvalue weighted by atomic mass is 10.1. The molecule has 8 heteroatoms. The van der Waals surface area contributed by atoms with E-state index in [0.29, 0.717) is 23.4 Å². The van der Waals surface area contributed by atoms with Gasteiger partial charge in [-0.25, -0.2) is 4.79 Å². The molecule has 7 nitrogen and oxygen atoms in total. The average molecular weight is 364 g/mol. The van der Waals surface area contributed by atoms with Crippen LogP contribution in [0.3, 0.4) is 0 Å². The molecule has 136 valence electrons. The van der Waals surface area contributed by atoms with E-state index in [4.69, 9.17) is 4.74 Å². The van der Waals surface area contributed by atoms with E-state index in [2.05, 4.69) is 10.5 Å². The number of nitrogens with one attached hydrogen (secondary N) is 1. The van der Waals surface area contributed by atoms with E-state index < -0.39 is 0 Å². The van der Waals surface area contributed by atoms with Gasteiger partial charge in [-0.3, -0.25) is 13.9 Å². The number of hydrogen-bond acceptors (Lipinski definition) is 6. The van der Waals surface area contributed by atoms with Crippen molar-refractivity contribution in [3.8, 4) is 0 Å². The van der Waals surface area contributed by atoms with Crippen molar-refractivity contribution in [2.45, 2.75) is 45.2 Å². The second kappa shape index (κ2) is 6.76. The first kappa shape index (κ1) is 17.9. The Morgan fingerprint density at radius 3 is 2.68 bits per heavy atom. The molecule has 0 aliphatic heterocycles. The monoisotopic (exact) mass is 364 g/mol. The third-order valence-electron chi connectivity index (χ3n) is 5.04. The van der Waals surface area contributed by atoms with E-state index >= 15 is 0 Å². The molecule has 1 aliphatic rings. The van der Waals surface area contributed by atoms with E-state index in [1.54, 1.807) is 24.9 Å². The fraction of sp³-hybridized carbons (Fsp3) is 0.588.